The predicted octanol–water partition coefficient (Wildman–Crippen LogP) is 2.35. The summed E-state index contributed by atoms with van der Waals surface area (Å²) in [5.74, 6) is 0.104. The van der Waals surface area contributed by atoms with Crippen LogP contribution in [0, 0.1) is 22.5 Å². The lowest BCUT2D eigenvalue weighted by atomic mass is 9.99. The van der Waals surface area contributed by atoms with Crippen LogP contribution in [0.5, 0.6) is 0 Å². The molecule has 1 aliphatic carbocycles. The molecule has 4 nitrogen and oxygen atoms in total. The molecular weight excluding hydrogens is 204 g/mol. The van der Waals surface area contributed by atoms with E-state index in [2.05, 4.69) is 0 Å². The molecule has 2 rings (SSSR count). The maximum absolute atomic E-state index is 11.1. The van der Waals surface area contributed by atoms with E-state index in [0.29, 0.717) is 5.56 Å². The Morgan fingerprint density at radius 3 is 2.44 bits per heavy atom. The van der Waals surface area contributed by atoms with Gasteiger partial charge in [0.25, 0.3) is 5.69 Å². The summed E-state index contributed by atoms with van der Waals surface area (Å²) in [6, 6.07) is 5.47. The molecule has 0 amide bonds. The van der Waals surface area contributed by atoms with Gasteiger partial charge in [0.2, 0.25) is 0 Å². The zero-order valence-corrected chi connectivity index (χ0v) is 9.73. The SMILES string of the molecule is Cc1cccc([C@H]2[C@H](N)C2(C)C)c1[N+](=O)[O-]. The molecule has 0 bridgehead atoms. The normalized spacial score (nSPS) is 26.5. The zero-order chi connectivity index (χ0) is 12.1. The molecule has 0 heterocycles. The van der Waals surface area contributed by atoms with E-state index in [-0.39, 0.29) is 28.0 Å². The van der Waals surface area contributed by atoms with Crippen molar-refractivity contribution >= 4 is 5.69 Å². The first-order valence-electron chi connectivity index (χ1n) is 5.37. The maximum atomic E-state index is 11.1. The first-order chi connectivity index (χ1) is 7.37. The number of nitrogens with zero attached hydrogens (tertiary/aromatic N) is 1. The molecule has 0 spiro atoms. The van der Waals surface area contributed by atoms with E-state index in [1.807, 2.05) is 26.0 Å². The Labute approximate surface area is 94.6 Å². The lowest BCUT2D eigenvalue weighted by Gasteiger charge is -2.06. The van der Waals surface area contributed by atoms with E-state index < -0.39 is 0 Å². The average molecular weight is 220 g/mol. The summed E-state index contributed by atoms with van der Waals surface area (Å²) in [4.78, 5) is 10.8. The molecule has 2 N–H and O–H groups in total. The summed E-state index contributed by atoms with van der Waals surface area (Å²) in [6.45, 7) is 5.87. The highest BCUT2D eigenvalue weighted by Crippen LogP contribution is 2.59. The van der Waals surface area contributed by atoms with Crippen LogP contribution in [0.2, 0.25) is 0 Å². The number of nitrogens with two attached hydrogens (primary N) is 1. The molecule has 1 saturated carbocycles. The molecule has 0 aliphatic heterocycles. The van der Waals surface area contributed by atoms with Gasteiger partial charge in [-0.2, -0.15) is 0 Å². The molecule has 16 heavy (non-hydrogen) atoms. The highest BCUT2D eigenvalue weighted by Gasteiger charge is 2.58. The second-order valence-electron chi connectivity index (χ2n) is 5.09. The molecule has 86 valence electrons. The molecule has 0 saturated heterocycles. The van der Waals surface area contributed by atoms with Gasteiger partial charge in [-0.3, -0.25) is 10.1 Å². The van der Waals surface area contributed by atoms with Gasteiger partial charge in [0.15, 0.2) is 0 Å². The molecule has 1 aromatic carbocycles. The monoisotopic (exact) mass is 220 g/mol. The van der Waals surface area contributed by atoms with Crippen LogP contribution in [0.15, 0.2) is 18.2 Å². The second-order valence-corrected chi connectivity index (χ2v) is 5.09. The average Bonchev–Trinajstić information content (AvgIpc) is 2.64. The number of hydrogen-bond donors (Lipinski definition) is 1. The first-order valence-corrected chi connectivity index (χ1v) is 5.37. The Morgan fingerprint density at radius 2 is 2.00 bits per heavy atom. The Morgan fingerprint density at radius 1 is 1.44 bits per heavy atom. The van der Waals surface area contributed by atoms with Crippen LogP contribution in [0.1, 0.15) is 30.9 Å². The second kappa shape index (κ2) is 3.28. The largest absolute Gasteiger partial charge is 0.327 e. The van der Waals surface area contributed by atoms with E-state index in [9.17, 15) is 10.1 Å². The van der Waals surface area contributed by atoms with Gasteiger partial charge in [-0.05, 0) is 12.3 Å². The lowest BCUT2D eigenvalue weighted by molar-refractivity contribution is -0.386. The summed E-state index contributed by atoms with van der Waals surface area (Å²) in [6.07, 6.45) is 0. The fraction of sp³-hybridized carbons (Fsp3) is 0.500. The van der Waals surface area contributed by atoms with Crippen molar-refractivity contribution in [3.8, 4) is 0 Å². The number of hydrogen-bond acceptors (Lipinski definition) is 3. The summed E-state index contributed by atoms with van der Waals surface area (Å²) in [5.41, 5.74) is 7.66. The highest BCUT2D eigenvalue weighted by molar-refractivity contribution is 5.53. The van der Waals surface area contributed by atoms with E-state index in [0.717, 1.165) is 5.56 Å². The Kier molecular flexibility index (Phi) is 2.27. The molecule has 1 aliphatic rings. The Hall–Kier alpha value is -1.42. The van der Waals surface area contributed by atoms with Gasteiger partial charge in [0.1, 0.15) is 0 Å². The van der Waals surface area contributed by atoms with Crippen molar-refractivity contribution in [2.24, 2.45) is 11.1 Å². The van der Waals surface area contributed by atoms with Crippen LogP contribution < -0.4 is 5.73 Å². The number of rotatable bonds is 2. The van der Waals surface area contributed by atoms with Crippen LogP contribution in [-0.4, -0.2) is 11.0 Å². The minimum atomic E-state index is -0.300. The predicted molar refractivity (Wildman–Crippen MR) is 62.3 cm³/mol. The van der Waals surface area contributed by atoms with Crippen molar-refractivity contribution in [3.05, 3.63) is 39.4 Å². The minimum Gasteiger partial charge on any atom is -0.327 e. The Bertz CT molecular complexity index is 454. The third kappa shape index (κ3) is 1.41. The van der Waals surface area contributed by atoms with Gasteiger partial charge in [0.05, 0.1) is 4.92 Å². The van der Waals surface area contributed by atoms with Crippen LogP contribution in [0.3, 0.4) is 0 Å². The number of nitro benzene ring substituents is 1. The van der Waals surface area contributed by atoms with E-state index in [4.69, 9.17) is 5.73 Å². The minimum absolute atomic E-state index is 0.0213. The van der Waals surface area contributed by atoms with Crippen molar-refractivity contribution in [1.29, 1.82) is 0 Å². The van der Waals surface area contributed by atoms with Crippen LogP contribution in [0.25, 0.3) is 0 Å². The summed E-state index contributed by atoms with van der Waals surface area (Å²) in [5, 5.41) is 11.1. The van der Waals surface area contributed by atoms with Crippen molar-refractivity contribution in [1.82, 2.24) is 0 Å². The molecule has 4 heteroatoms. The highest BCUT2D eigenvalue weighted by atomic mass is 16.6. The van der Waals surface area contributed by atoms with Crippen LogP contribution >= 0.6 is 0 Å². The van der Waals surface area contributed by atoms with E-state index in [1.54, 1.807) is 13.0 Å². The summed E-state index contributed by atoms with van der Waals surface area (Å²) < 4.78 is 0. The molecule has 1 fully saturated rings. The summed E-state index contributed by atoms with van der Waals surface area (Å²) in [7, 11) is 0. The van der Waals surface area contributed by atoms with Gasteiger partial charge in [-0.25, -0.2) is 0 Å². The van der Waals surface area contributed by atoms with Crippen LogP contribution in [-0.2, 0) is 0 Å². The smallest absolute Gasteiger partial charge is 0.275 e. The Balaban J connectivity index is 2.51. The lowest BCUT2D eigenvalue weighted by Crippen LogP contribution is -2.06. The van der Waals surface area contributed by atoms with Crippen molar-refractivity contribution < 1.29 is 4.92 Å². The molecule has 1 aromatic rings. The summed E-state index contributed by atoms with van der Waals surface area (Å²) >= 11 is 0. The quantitative estimate of drug-likeness (QED) is 0.614. The molecule has 2 atom stereocenters. The number of benzene rings is 1. The van der Waals surface area contributed by atoms with Gasteiger partial charge >= 0.3 is 0 Å². The van der Waals surface area contributed by atoms with Crippen molar-refractivity contribution in [2.75, 3.05) is 0 Å². The van der Waals surface area contributed by atoms with Crippen molar-refractivity contribution in [3.63, 3.8) is 0 Å². The number of para-hydroxylation sites is 1. The molecule has 0 radical (unpaired) electrons. The standard InChI is InChI=1S/C12H16N2O2/c1-7-5-4-6-8(10(7)14(15)16)9-11(13)12(9,2)3/h4-6,9,11H,13H2,1-3H3/t9-,11-/m0/s1. The fourth-order valence-corrected chi connectivity index (χ4v) is 2.45. The topological polar surface area (TPSA) is 69.2 Å². The van der Waals surface area contributed by atoms with Gasteiger partial charge in [0, 0.05) is 23.1 Å². The fourth-order valence-electron chi connectivity index (χ4n) is 2.45. The molecule has 0 aromatic heterocycles. The van der Waals surface area contributed by atoms with Gasteiger partial charge in [-0.1, -0.05) is 32.0 Å². The van der Waals surface area contributed by atoms with E-state index >= 15 is 0 Å². The van der Waals surface area contributed by atoms with Crippen LogP contribution in [0.4, 0.5) is 5.69 Å². The van der Waals surface area contributed by atoms with Gasteiger partial charge < -0.3 is 5.73 Å². The zero-order valence-electron chi connectivity index (χ0n) is 9.73. The molecular formula is C12H16N2O2. The van der Waals surface area contributed by atoms with E-state index in [1.165, 1.54) is 0 Å². The third-order valence-electron chi connectivity index (χ3n) is 3.70. The number of aryl methyl sites for hydroxylation is 1. The maximum Gasteiger partial charge on any atom is 0.275 e. The third-order valence-corrected chi connectivity index (χ3v) is 3.70. The van der Waals surface area contributed by atoms with Gasteiger partial charge in [-0.15, -0.1) is 0 Å². The number of nitro groups is 1. The first kappa shape index (κ1) is 11.1. The van der Waals surface area contributed by atoms with Crippen molar-refractivity contribution in [2.45, 2.75) is 32.7 Å². The molecule has 0 unspecified atom stereocenters.